The van der Waals surface area contributed by atoms with Gasteiger partial charge < -0.3 is 9.47 Å². The van der Waals surface area contributed by atoms with Crippen molar-refractivity contribution >= 4 is 29.0 Å². The van der Waals surface area contributed by atoms with E-state index in [4.69, 9.17) is 9.47 Å². The lowest BCUT2D eigenvalue weighted by molar-refractivity contribution is -0.115. The summed E-state index contributed by atoms with van der Waals surface area (Å²) in [7, 11) is 0. The van der Waals surface area contributed by atoms with Gasteiger partial charge in [0.2, 0.25) is 0 Å². The van der Waals surface area contributed by atoms with Crippen molar-refractivity contribution in [2.24, 2.45) is 0 Å². The van der Waals surface area contributed by atoms with Crippen molar-refractivity contribution in [1.29, 1.82) is 0 Å². The van der Waals surface area contributed by atoms with Crippen molar-refractivity contribution in [3.05, 3.63) is 41.3 Å². The topological polar surface area (TPSA) is 64.6 Å². The third kappa shape index (κ3) is 3.88. The second-order valence-corrected chi connectivity index (χ2v) is 5.11. The summed E-state index contributed by atoms with van der Waals surface area (Å²) in [6.07, 6.45) is 3.29. The highest BCUT2D eigenvalue weighted by Gasteiger charge is 2.25. The number of hydrogen-bond acceptors (Lipinski definition) is 5. The summed E-state index contributed by atoms with van der Waals surface area (Å²) >= 11 is 0.882. The van der Waals surface area contributed by atoms with Gasteiger partial charge in [-0.05, 0) is 42.5 Å². The highest BCUT2D eigenvalue weighted by atomic mass is 32.2. The average Bonchev–Trinajstić information content (AvgIpc) is 2.76. The van der Waals surface area contributed by atoms with Crippen LogP contribution >= 0.6 is 11.8 Å². The van der Waals surface area contributed by atoms with E-state index in [1.54, 1.807) is 30.4 Å². The van der Waals surface area contributed by atoms with Gasteiger partial charge in [-0.15, -0.1) is 0 Å². The van der Waals surface area contributed by atoms with Crippen molar-refractivity contribution in [2.45, 2.75) is 6.92 Å². The molecule has 2 amide bonds. The Morgan fingerprint density at radius 3 is 2.71 bits per heavy atom. The Bertz CT molecular complexity index is 610. The fourth-order valence-corrected chi connectivity index (χ4v) is 2.41. The molecule has 1 N–H and O–H groups in total. The molecular formula is C15H15NO4S. The van der Waals surface area contributed by atoms with Crippen LogP contribution in [-0.4, -0.2) is 24.4 Å². The standard InChI is InChI=1S/C15H15NO4S/c1-3-7-20-11-6-5-10(8-12(11)19-4-2)9-13-14(17)16-15(18)21-13/h3,5-6,8-9H,1,4,7H2,2H3,(H,16,17,18)/b13-9-. The van der Waals surface area contributed by atoms with Gasteiger partial charge in [-0.2, -0.15) is 0 Å². The predicted octanol–water partition coefficient (Wildman–Crippen LogP) is 2.97. The largest absolute Gasteiger partial charge is 0.490 e. The van der Waals surface area contributed by atoms with E-state index in [1.807, 2.05) is 6.92 Å². The van der Waals surface area contributed by atoms with Gasteiger partial charge in [-0.3, -0.25) is 14.9 Å². The molecule has 5 nitrogen and oxygen atoms in total. The van der Waals surface area contributed by atoms with Gasteiger partial charge in [0.15, 0.2) is 11.5 Å². The van der Waals surface area contributed by atoms with Crippen LogP contribution in [0.2, 0.25) is 0 Å². The summed E-state index contributed by atoms with van der Waals surface area (Å²) in [6, 6.07) is 5.33. The van der Waals surface area contributed by atoms with Gasteiger partial charge >= 0.3 is 0 Å². The summed E-state index contributed by atoms with van der Waals surface area (Å²) in [4.78, 5) is 23.0. The number of rotatable bonds is 6. The molecule has 0 saturated carbocycles. The molecule has 0 aliphatic carbocycles. The van der Waals surface area contributed by atoms with E-state index >= 15 is 0 Å². The van der Waals surface area contributed by atoms with Crippen LogP contribution in [0.5, 0.6) is 11.5 Å². The molecule has 1 aromatic rings. The average molecular weight is 305 g/mol. The number of ether oxygens (including phenoxy) is 2. The molecule has 1 heterocycles. The van der Waals surface area contributed by atoms with Gasteiger partial charge in [0.05, 0.1) is 11.5 Å². The first-order valence-corrected chi connectivity index (χ1v) is 7.21. The van der Waals surface area contributed by atoms with Crippen molar-refractivity contribution in [3.63, 3.8) is 0 Å². The van der Waals surface area contributed by atoms with E-state index < -0.39 is 0 Å². The molecule has 110 valence electrons. The molecule has 6 heteroatoms. The zero-order chi connectivity index (χ0) is 15.2. The third-order valence-corrected chi connectivity index (χ3v) is 3.37. The predicted molar refractivity (Wildman–Crippen MR) is 82.4 cm³/mol. The van der Waals surface area contributed by atoms with Gasteiger partial charge in [0.1, 0.15) is 6.61 Å². The summed E-state index contributed by atoms with van der Waals surface area (Å²) < 4.78 is 11.0. The Kier molecular flexibility index (Phi) is 5.05. The maximum atomic E-state index is 11.5. The van der Waals surface area contributed by atoms with Crippen LogP contribution in [0, 0.1) is 0 Å². The van der Waals surface area contributed by atoms with Crippen LogP contribution < -0.4 is 14.8 Å². The summed E-state index contributed by atoms with van der Waals surface area (Å²) in [5.74, 6) is 0.817. The smallest absolute Gasteiger partial charge is 0.290 e. The molecule has 0 bridgehead atoms. The SMILES string of the molecule is C=CCOc1ccc(/C=C2\SC(=O)NC2=O)cc1OCC. The van der Waals surface area contributed by atoms with Crippen LogP contribution in [0.1, 0.15) is 12.5 Å². The van der Waals surface area contributed by atoms with E-state index in [0.29, 0.717) is 29.6 Å². The van der Waals surface area contributed by atoms with Crippen LogP contribution in [0.3, 0.4) is 0 Å². The molecule has 2 rings (SSSR count). The van der Waals surface area contributed by atoms with Gasteiger partial charge in [0, 0.05) is 0 Å². The first-order chi connectivity index (χ1) is 10.1. The first kappa shape index (κ1) is 15.2. The molecule has 0 unspecified atom stereocenters. The van der Waals surface area contributed by atoms with E-state index in [9.17, 15) is 9.59 Å². The zero-order valence-corrected chi connectivity index (χ0v) is 12.4. The fourth-order valence-electron chi connectivity index (χ4n) is 1.72. The van der Waals surface area contributed by atoms with E-state index in [2.05, 4.69) is 11.9 Å². The number of carbonyl (C=O) groups is 2. The Labute approximate surface area is 127 Å². The van der Waals surface area contributed by atoms with Gasteiger partial charge in [0.25, 0.3) is 11.1 Å². The Morgan fingerprint density at radius 1 is 1.29 bits per heavy atom. The van der Waals surface area contributed by atoms with Gasteiger partial charge in [-0.25, -0.2) is 0 Å². The molecule has 0 atom stereocenters. The minimum atomic E-state index is -0.380. The molecule has 1 aromatic carbocycles. The minimum Gasteiger partial charge on any atom is -0.490 e. The van der Waals surface area contributed by atoms with Crippen LogP contribution in [0.15, 0.2) is 35.8 Å². The molecule has 1 aliphatic heterocycles. The monoisotopic (exact) mass is 305 g/mol. The summed E-state index contributed by atoms with van der Waals surface area (Å²) in [6.45, 7) is 6.36. The van der Waals surface area contributed by atoms with Crippen LogP contribution in [-0.2, 0) is 4.79 Å². The maximum absolute atomic E-state index is 11.5. The Balaban J connectivity index is 2.26. The molecule has 0 aromatic heterocycles. The maximum Gasteiger partial charge on any atom is 0.290 e. The van der Waals surface area contributed by atoms with Crippen LogP contribution in [0.25, 0.3) is 6.08 Å². The highest BCUT2D eigenvalue weighted by Crippen LogP contribution is 2.31. The van der Waals surface area contributed by atoms with Crippen LogP contribution in [0.4, 0.5) is 4.79 Å². The molecule has 0 radical (unpaired) electrons. The van der Waals surface area contributed by atoms with Crippen molar-refractivity contribution in [3.8, 4) is 11.5 Å². The second-order valence-electron chi connectivity index (χ2n) is 4.09. The van der Waals surface area contributed by atoms with E-state index in [1.165, 1.54) is 0 Å². The third-order valence-electron chi connectivity index (χ3n) is 2.56. The lowest BCUT2D eigenvalue weighted by Gasteiger charge is -2.11. The van der Waals surface area contributed by atoms with E-state index in [-0.39, 0.29) is 11.1 Å². The molecule has 0 spiro atoms. The Hall–Kier alpha value is -2.21. The van der Waals surface area contributed by atoms with Gasteiger partial charge in [-0.1, -0.05) is 18.7 Å². The number of hydrogen-bond donors (Lipinski definition) is 1. The highest BCUT2D eigenvalue weighted by molar-refractivity contribution is 8.18. The van der Waals surface area contributed by atoms with Crippen molar-refractivity contribution in [2.75, 3.05) is 13.2 Å². The minimum absolute atomic E-state index is 0.359. The number of benzene rings is 1. The number of amides is 2. The Morgan fingerprint density at radius 2 is 2.10 bits per heavy atom. The van der Waals surface area contributed by atoms with Crippen molar-refractivity contribution < 1.29 is 19.1 Å². The number of nitrogens with one attached hydrogen (secondary N) is 1. The molecular weight excluding hydrogens is 290 g/mol. The quantitative estimate of drug-likeness (QED) is 0.646. The molecule has 1 saturated heterocycles. The lowest BCUT2D eigenvalue weighted by atomic mass is 10.2. The lowest BCUT2D eigenvalue weighted by Crippen LogP contribution is -2.17. The number of thioether (sulfide) groups is 1. The zero-order valence-electron chi connectivity index (χ0n) is 11.5. The summed E-state index contributed by atoms with van der Waals surface area (Å²) in [5.41, 5.74) is 0.761. The fraction of sp³-hybridized carbons (Fsp3) is 0.200. The number of imide groups is 1. The molecule has 21 heavy (non-hydrogen) atoms. The second kappa shape index (κ2) is 6.99. The van der Waals surface area contributed by atoms with Crippen molar-refractivity contribution in [1.82, 2.24) is 5.32 Å². The normalized spacial score (nSPS) is 16.0. The van der Waals surface area contributed by atoms with E-state index in [0.717, 1.165) is 17.3 Å². The molecule has 1 aliphatic rings. The molecule has 1 fully saturated rings. The summed E-state index contributed by atoms with van der Waals surface area (Å²) in [5, 5.41) is 1.86. The number of carbonyl (C=O) groups excluding carboxylic acids is 2. The first-order valence-electron chi connectivity index (χ1n) is 6.39.